The molecule has 0 spiro atoms. The van der Waals surface area contributed by atoms with Gasteiger partial charge < -0.3 is 8.92 Å². The minimum atomic E-state index is -3.98. The molecule has 0 aliphatic rings. The molecule has 0 unspecified atom stereocenters. The van der Waals surface area contributed by atoms with Gasteiger partial charge in [0.25, 0.3) is 0 Å². The molecule has 0 saturated carbocycles. The van der Waals surface area contributed by atoms with Crippen LogP contribution in [-0.2, 0) is 10.1 Å². The number of hydrogen-bond donors (Lipinski definition) is 1. The molecule has 0 radical (unpaired) electrons. The summed E-state index contributed by atoms with van der Waals surface area (Å²) in [7, 11) is -3.98. The topological polar surface area (TPSA) is 89.9 Å². The van der Waals surface area contributed by atoms with Crippen LogP contribution in [0.2, 0.25) is 0 Å². The highest BCUT2D eigenvalue weighted by atomic mass is 32.2. The second-order valence-electron chi connectivity index (χ2n) is 7.15. The molecule has 1 aromatic heterocycles. The van der Waals surface area contributed by atoms with Gasteiger partial charge in [0.2, 0.25) is 5.13 Å². The number of aromatic nitrogens is 1. The number of thiazole rings is 1. The number of ether oxygens (including phenoxy) is 1. The van der Waals surface area contributed by atoms with Crippen LogP contribution in [0, 0.1) is 6.92 Å². The third-order valence-corrected chi connectivity index (χ3v) is 6.84. The van der Waals surface area contributed by atoms with Crippen molar-refractivity contribution in [1.29, 1.82) is 0 Å². The third kappa shape index (κ3) is 5.62. The fourth-order valence-electron chi connectivity index (χ4n) is 3.17. The Bertz CT molecular complexity index is 1390. The van der Waals surface area contributed by atoms with E-state index in [1.165, 1.54) is 23.5 Å². The summed E-state index contributed by atoms with van der Waals surface area (Å²) in [6, 6.07) is 22.9. The second kappa shape index (κ2) is 10.5. The first-order chi connectivity index (χ1) is 16.5. The molecule has 4 rings (SSSR count). The molecule has 1 N–H and O–H groups in total. The highest BCUT2D eigenvalue weighted by Gasteiger charge is 2.19. The molecule has 174 valence electrons. The fourth-order valence-corrected chi connectivity index (χ4v) is 4.91. The molecule has 0 aliphatic carbocycles. The predicted octanol–water partition coefficient (Wildman–Crippen LogP) is 5.73. The van der Waals surface area contributed by atoms with E-state index in [1.807, 2.05) is 44.2 Å². The quantitative estimate of drug-likeness (QED) is 0.182. The number of hydrazone groups is 1. The molecular formula is C25H23N3O4S2. The second-order valence-corrected chi connectivity index (χ2v) is 9.90. The van der Waals surface area contributed by atoms with Crippen molar-refractivity contribution in [3.63, 3.8) is 0 Å². The average Bonchev–Trinajstić information content (AvgIpc) is 3.22. The molecule has 4 aromatic rings. The zero-order chi connectivity index (χ0) is 24.0. The summed E-state index contributed by atoms with van der Waals surface area (Å²) in [6.07, 6.45) is 1.61. The van der Waals surface area contributed by atoms with E-state index in [4.69, 9.17) is 8.92 Å². The monoisotopic (exact) mass is 493 g/mol. The first-order valence-electron chi connectivity index (χ1n) is 10.5. The van der Waals surface area contributed by atoms with Gasteiger partial charge in [-0.1, -0.05) is 48.5 Å². The summed E-state index contributed by atoms with van der Waals surface area (Å²) in [5, 5.41) is 4.94. The molecular weight excluding hydrogens is 470 g/mol. The number of nitrogens with one attached hydrogen (secondary N) is 1. The Labute approximate surface area is 202 Å². The molecule has 7 nitrogen and oxygen atoms in total. The van der Waals surface area contributed by atoms with Crippen molar-refractivity contribution < 1.29 is 17.3 Å². The van der Waals surface area contributed by atoms with Gasteiger partial charge in [-0.3, -0.25) is 5.43 Å². The minimum absolute atomic E-state index is 0.0703. The Kier molecular flexibility index (Phi) is 7.24. The average molecular weight is 494 g/mol. The SMILES string of the molecule is CCOc1cc(C=NNc2nc(-c3ccccc3)c(C)s2)ccc1OS(=O)(=O)c1ccccc1. The molecule has 34 heavy (non-hydrogen) atoms. The molecule has 0 fully saturated rings. The lowest BCUT2D eigenvalue weighted by Gasteiger charge is -2.12. The highest BCUT2D eigenvalue weighted by Crippen LogP contribution is 2.32. The molecule has 0 amide bonds. The number of aryl methyl sites for hydroxylation is 1. The van der Waals surface area contributed by atoms with Crippen molar-refractivity contribution >= 4 is 32.8 Å². The normalized spacial score (nSPS) is 11.5. The fraction of sp³-hybridized carbons (Fsp3) is 0.120. The van der Waals surface area contributed by atoms with Crippen molar-refractivity contribution in [3.8, 4) is 22.8 Å². The van der Waals surface area contributed by atoms with Crippen LogP contribution in [0.25, 0.3) is 11.3 Å². The van der Waals surface area contributed by atoms with E-state index in [0.717, 1.165) is 16.1 Å². The lowest BCUT2D eigenvalue weighted by Crippen LogP contribution is -2.10. The van der Waals surface area contributed by atoms with E-state index < -0.39 is 10.1 Å². The zero-order valence-corrected chi connectivity index (χ0v) is 20.3. The van der Waals surface area contributed by atoms with Crippen LogP contribution >= 0.6 is 11.3 Å². The summed E-state index contributed by atoms with van der Waals surface area (Å²) in [6.45, 7) is 4.18. The van der Waals surface area contributed by atoms with Crippen LogP contribution in [0.5, 0.6) is 11.5 Å². The molecule has 0 atom stereocenters. The Morgan fingerprint density at radius 1 is 1.00 bits per heavy atom. The van der Waals surface area contributed by atoms with Crippen molar-refractivity contribution in [2.75, 3.05) is 12.0 Å². The van der Waals surface area contributed by atoms with Gasteiger partial charge in [-0.05, 0) is 49.7 Å². The summed E-state index contributed by atoms with van der Waals surface area (Å²) < 4.78 is 36.1. The molecule has 3 aromatic carbocycles. The molecule has 0 aliphatic heterocycles. The lowest BCUT2D eigenvalue weighted by molar-refractivity contribution is 0.327. The van der Waals surface area contributed by atoms with E-state index in [2.05, 4.69) is 15.5 Å². The van der Waals surface area contributed by atoms with Crippen LogP contribution in [0.15, 0.2) is 88.9 Å². The standard InChI is InChI=1S/C25H23N3O4S2/c1-3-31-23-16-19(14-15-22(23)32-34(29,30)21-12-8-5-9-13-21)17-26-28-25-27-24(18(2)33-25)20-10-6-4-7-11-20/h4-17H,3H2,1-2H3,(H,27,28). The van der Waals surface area contributed by atoms with Crippen LogP contribution in [0.1, 0.15) is 17.4 Å². The molecule has 0 saturated heterocycles. The van der Waals surface area contributed by atoms with Gasteiger partial charge in [-0.25, -0.2) is 4.98 Å². The largest absolute Gasteiger partial charge is 0.490 e. The summed E-state index contributed by atoms with van der Waals surface area (Å²) in [5.41, 5.74) is 5.64. The van der Waals surface area contributed by atoms with E-state index in [9.17, 15) is 8.42 Å². The number of benzene rings is 3. The third-order valence-electron chi connectivity index (χ3n) is 4.72. The van der Waals surface area contributed by atoms with Gasteiger partial charge in [0.1, 0.15) is 4.90 Å². The molecule has 0 bridgehead atoms. The summed E-state index contributed by atoms with van der Waals surface area (Å²) in [4.78, 5) is 5.78. The highest BCUT2D eigenvalue weighted by molar-refractivity contribution is 7.87. The Morgan fingerprint density at radius 2 is 1.71 bits per heavy atom. The van der Waals surface area contributed by atoms with Crippen molar-refractivity contribution in [2.24, 2.45) is 5.10 Å². The maximum absolute atomic E-state index is 12.6. The zero-order valence-electron chi connectivity index (χ0n) is 18.6. The summed E-state index contributed by atoms with van der Waals surface area (Å²) >= 11 is 1.51. The smallest absolute Gasteiger partial charge is 0.339 e. The van der Waals surface area contributed by atoms with Crippen molar-refractivity contribution in [3.05, 3.63) is 89.3 Å². The van der Waals surface area contributed by atoms with Crippen LogP contribution in [0.3, 0.4) is 0 Å². The number of hydrogen-bond acceptors (Lipinski definition) is 8. The predicted molar refractivity (Wildman–Crippen MR) is 135 cm³/mol. The molecule has 1 heterocycles. The molecule has 9 heteroatoms. The van der Waals surface area contributed by atoms with Crippen LogP contribution in [-0.4, -0.2) is 26.2 Å². The van der Waals surface area contributed by atoms with Gasteiger partial charge in [0, 0.05) is 10.4 Å². The van der Waals surface area contributed by atoms with E-state index >= 15 is 0 Å². The lowest BCUT2D eigenvalue weighted by atomic mass is 10.1. The van der Waals surface area contributed by atoms with Gasteiger partial charge in [0.15, 0.2) is 11.5 Å². The van der Waals surface area contributed by atoms with Gasteiger partial charge in [-0.15, -0.1) is 11.3 Å². The van der Waals surface area contributed by atoms with Crippen molar-refractivity contribution in [1.82, 2.24) is 4.98 Å². The van der Waals surface area contributed by atoms with Crippen LogP contribution in [0.4, 0.5) is 5.13 Å². The minimum Gasteiger partial charge on any atom is -0.490 e. The van der Waals surface area contributed by atoms with E-state index in [0.29, 0.717) is 23.1 Å². The first-order valence-corrected chi connectivity index (χ1v) is 12.8. The first kappa shape index (κ1) is 23.5. The van der Waals surface area contributed by atoms with Gasteiger partial charge in [-0.2, -0.15) is 13.5 Å². The Morgan fingerprint density at radius 3 is 2.41 bits per heavy atom. The maximum atomic E-state index is 12.6. The number of nitrogens with zero attached hydrogens (tertiary/aromatic N) is 2. The number of anilines is 1. The van der Waals surface area contributed by atoms with Gasteiger partial charge in [0.05, 0.1) is 18.5 Å². The summed E-state index contributed by atoms with van der Waals surface area (Å²) in [5.74, 6) is 0.418. The van der Waals surface area contributed by atoms with Crippen LogP contribution < -0.4 is 14.3 Å². The van der Waals surface area contributed by atoms with Gasteiger partial charge >= 0.3 is 10.1 Å². The number of rotatable bonds is 9. The maximum Gasteiger partial charge on any atom is 0.339 e. The van der Waals surface area contributed by atoms with E-state index in [-0.39, 0.29) is 10.6 Å². The Hall–Kier alpha value is -3.69. The Balaban J connectivity index is 1.49. The van der Waals surface area contributed by atoms with E-state index in [1.54, 1.807) is 42.6 Å². The van der Waals surface area contributed by atoms with Crippen molar-refractivity contribution in [2.45, 2.75) is 18.7 Å².